The fourth-order valence-corrected chi connectivity index (χ4v) is 1.12. The lowest BCUT2D eigenvalue weighted by Gasteiger charge is -2.06. The van der Waals surface area contributed by atoms with Crippen molar-refractivity contribution in [2.45, 2.75) is 20.3 Å². The SMILES string of the molecule is CC1CC(O)=C(O)[C@@H]1C. The molecule has 1 rings (SSSR count). The van der Waals surface area contributed by atoms with Crippen LogP contribution in [0.5, 0.6) is 0 Å². The van der Waals surface area contributed by atoms with Crippen LogP contribution in [0.3, 0.4) is 0 Å². The summed E-state index contributed by atoms with van der Waals surface area (Å²) < 4.78 is 0. The predicted octanol–water partition coefficient (Wildman–Crippen LogP) is 1.99. The molecular formula is C7H12O2. The molecule has 9 heavy (non-hydrogen) atoms. The maximum Gasteiger partial charge on any atom is 0.133 e. The molecule has 52 valence electrons. The molecule has 0 saturated carbocycles. The van der Waals surface area contributed by atoms with Gasteiger partial charge in [-0.05, 0) is 5.92 Å². The molecular weight excluding hydrogens is 116 g/mol. The van der Waals surface area contributed by atoms with Gasteiger partial charge in [-0.3, -0.25) is 0 Å². The van der Waals surface area contributed by atoms with Crippen LogP contribution in [-0.4, -0.2) is 10.2 Å². The van der Waals surface area contributed by atoms with Gasteiger partial charge < -0.3 is 10.2 Å². The molecule has 0 aromatic carbocycles. The molecule has 0 aromatic rings. The Morgan fingerprint density at radius 3 is 2.00 bits per heavy atom. The van der Waals surface area contributed by atoms with Crippen molar-refractivity contribution in [1.29, 1.82) is 0 Å². The van der Waals surface area contributed by atoms with E-state index in [1.807, 2.05) is 13.8 Å². The molecule has 0 fully saturated rings. The molecule has 0 aromatic heterocycles. The van der Waals surface area contributed by atoms with Crippen LogP contribution >= 0.6 is 0 Å². The third-order valence-corrected chi connectivity index (χ3v) is 2.10. The van der Waals surface area contributed by atoms with E-state index in [1.54, 1.807) is 0 Å². The van der Waals surface area contributed by atoms with Crippen LogP contribution in [0.4, 0.5) is 0 Å². The highest BCUT2D eigenvalue weighted by Crippen LogP contribution is 2.33. The summed E-state index contributed by atoms with van der Waals surface area (Å²) in [7, 11) is 0. The number of rotatable bonds is 0. The second-order valence-electron chi connectivity index (χ2n) is 2.80. The Kier molecular flexibility index (Phi) is 1.39. The lowest BCUT2D eigenvalue weighted by Crippen LogP contribution is -2.01. The molecule has 0 heterocycles. The maximum atomic E-state index is 9.07. The smallest absolute Gasteiger partial charge is 0.133 e. The van der Waals surface area contributed by atoms with Crippen molar-refractivity contribution in [2.75, 3.05) is 0 Å². The summed E-state index contributed by atoms with van der Waals surface area (Å²) in [6.45, 7) is 3.94. The summed E-state index contributed by atoms with van der Waals surface area (Å²) >= 11 is 0. The zero-order valence-electron chi connectivity index (χ0n) is 5.76. The van der Waals surface area contributed by atoms with Gasteiger partial charge in [-0.15, -0.1) is 0 Å². The van der Waals surface area contributed by atoms with E-state index in [0.29, 0.717) is 12.3 Å². The van der Waals surface area contributed by atoms with Crippen molar-refractivity contribution in [1.82, 2.24) is 0 Å². The van der Waals surface area contributed by atoms with Gasteiger partial charge in [0, 0.05) is 12.3 Å². The summed E-state index contributed by atoms with van der Waals surface area (Å²) in [6.07, 6.45) is 0.632. The summed E-state index contributed by atoms with van der Waals surface area (Å²) in [6, 6.07) is 0. The Hall–Kier alpha value is -0.660. The highest BCUT2D eigenvalue weighted by Gasteiger charge is 2.27. The molecule has 2 N–H and O–H groups in total. The third kappa shape index (κ3) is 0.889. The van der Waals surface area contributed by atoms with Crippen molar-refractivity contribution in [2.24, 2.45) is 11.8 Å². The first-order chi connectivity index (χ1) is 4.13. The zero-order valence-corrected chi connectivity index (χ0v) is 5.76. The average Bonchev–Trinajstić information content (AvgIpc) is 1.98. The van der Waals surface area contributed by atoms with Crippen LogP contribution in [0.15, 0.2) is 11.5 Å². The Morgan fingerprint density at radius 1 is 1.33 bits per heavy atom. The molecule has 2 nitrogen and oxygen atoms in total. The Morgan fingerprint density at radius 2 is 1.89 bits per heavy atom. The number of hydrogen-bond donors (Lipinski definition) is 2. The zero-order chi connectivity index (χ0) is 7.02. The van der Waals surface area contributed by atoms with E-state index >= 15 is 0 Å². The van der Waals surface area contributed by atoms with E-state index < -0.39 is 0 Å². The molecule has 1 aliphatic carbocycles. The summed E-state index contributed by atoms with van der Waals surface area (Å²) in [5.74, 6) is 0.896. The normalized spacial score (nSPS) is 35.8. The molecule has 1 aliphatic rings. The van der Waals surface area contributed by atoms with E-state index in [0.717, 1.165) is 0 Å². The molecule has 2 heteroatoms. The maximum absolute atomic E-state index is 9.07. The van der Waals surface area contributed by atoms with Crippen molar-refractivity contribution < 1.29 is 10.2 Å². The van der Waals surface area contributed by atoms with Crippen LogP contribution in [0.2, 0.25) is 0 Å². The van der Waals surface area contributed by atoms with E-state index in [-0.39, 0.29) is 17.4 Å². The first kappa shape index (κ1) is 6.46. The minimum Gasteiger partial charge on any atom is -0.509 e. The van der Waals surface area contributed by atoms with Crippen LogP contribution in [-0.2, 0) is 0 Å². The number of allylic oxidation sites excluding steroid dienone is 2. The second-order valence-corrected chi connectivity index (χ2v) is 2.80. The molecule has 0 radical (unpaired) electrons. The standard InChI is InChI=1S/C7H12O2/c1-4-3-6(8)7(9)5(4)2/h4-5,8-9H,3H2,1-2H3/t4?,5-/m1/s1. The van der Waals surface area contributed by atoms with Crippen molar-refractivity contribution in [3.63, 3.8) is 0 Å². The second kappa shape index (κ2) is 1.94. The number of aliphatic hydroxyl groups excluding tert-OH is 2. The molecule has 0 saturated heterocycles. The first-order valence-corrected chi connectivity index (χ1v) is 3.24. The van der Waals surface area contributed by atoms with E-state index in [4.69, 9.17) is 10.2 Å². The summed E-state index contributed by atoms with van der Waals surface area (Å²) in [4.78, 5) is 0. The van der Waals surface area contributed by atoms with Crippen LogP contribution in [0.25, 0.3) is 0 Å². The van der Waals surface area contributed by atoms with Crippen LogP contribution in [0, 0.1) is 11.8 Å². The molecule has 0 aliphatic heterocycles. The third-order valence-electron chi connectivity index (χ3n) is 2.10. The van der Waals surface area contributed by atoms with Gasteiger partial charge in [0.05, 0.1) is 0 Å². The van der Waals surface area contributed by atoms with Gasteiger partial charge >= 0.3 is 0 Å². The van der Waals surface area contributed by atoms with Crippen LogP contribution < -0.4 is 0 Å². The fraction of sp³-hybridized carbons (Fsp3) is 0.714. The Labute approximate surface area is 54.8 Å². The highest BCUT2D eigenvalue weighted by molar-refractivity contribution is 5.10. The Bertz CT molecular complexity index is 149. The monoisotopic (exact) mass is 128 g/mol. The largest absolute Gasteiger partial charge is 0.509 e. The van der Waals surface area contributed by atoms with E-state index in [9.17, 15) is 0 Å². The highest BCUT2D eigenvalue weighted by atomic mass is 16.3. The van der Waals surface area contributed by atoms with E-state index in [1.165, 1.54) is 0 Å². The van der Waals surface area contributed by atoms with Gasteiger partial charge in [0.1, 0.15) is 11.5 Å². The quantitative estimate of drug-likeness (QED) is 0.523. The Balaban J connectivity index is 2.74. The average molecular weight is 128 g/mol. The van der Waals surface area contributed by atoms with Gasteiger partial charge in [0.15, 0.2) is 0 Å². The predicted molar refractivity (Wildman–Crippen MR) is 35.2 cm³/mol. The van der Waals surface area contributed by atoms with Gasteiger partial charge in [-0.1, -0.05) is 13.8 Å². The number of hydrogen-bond acceptors (Lipinski definition) is 2. The molecule has 1 unspecified atom stereocenters. The van der Waals surface area contributed by atoms with Gasteiger partial charge in [-0.25, -0.2) is 0 Å². The number of aliphatic hydroxyl groups is 2. The molecule has 0 spiro atoms. The minimum absolute atomic E-state index is 0.144. The first-order valence-electron chi connectivity index (χ1n) is 3.24. The minimum atomic E-state index is 0.144. The van der Waals surface area contributed by atoms with Crippen molar-refractivity contribution >= 4 is 0 Å². The molecule has 0 bridgehead atoms. The molecule has 2 atom stereocenters. The lowest BCUT2D eigenvalue weighted by molar-refractivity contribution is 0.300. The molecule has 0 amide bonds. The summed E-state index contributed by atoms with van der Waals surface area (Å²) in [5, 5.41) is 18.0. The van der Waals surface area contributed by atoms with Gasteiger partial charge in [0.25, 0.3) is 0 Å². The fourth-order valence-electron chi connectivity index (χ4n) is 1.12. The van der Waals surface area contributed by atoms with Gasteiger partial charge in [-0.2, -0.15) is 0 Å². The summed E-state index contributed by atoms with van der Waals surface area (Å²) in [5.41, 5.74) is 0. The van der Waals surface area contributed by atoms with Gasteiger partial charge in [0.2, 0.25) is 0 Å². The van der Waals surface area contributed by atoms with E-state index in [2.05, 4.69) is 0 Å². The van der Waals surface area contributed by atoms with Crippen LogP contribution in [0.1, 0.15) is 20.3 Å². The van der Waals surface area contributed by atoms with Crippen molar-refractivity contribution in [3.05, 3.63) is 11.5 Å². The topological polar surface area (TPSA) is 40.5 Å². The lowest BCUT2D eigenvalue weighted by atomic mass is 9.99. The van der Waals surface area contributed by atoms with Crippen molar-refractivity contribution in [3.8, 4) is 0 Å².